The molecule has 2 N–H and O–H groups in total. The summed E-state index contributed by atoms with van der Waals surface area (Å²) in [6.45, 7) is 2.53. The third-order valence-electron chi connectivity index (χ3n) is 3.08. The smallest absolute Gasteiger partial charge is 0.328 e. The number of carboxylic acids is 1. The highest BCUT2D eigenvalue weighted by molar-refractivity contribution is 9.10. The number of hydrogen-bond donors (Lipinski definition) is 2. The van der Waals surface area contributed by atoms with E-state index in [9.17, 15) is 9.59 Å². The van der Waals surface area contributed by atoms with Gasteiger partial charge in [0.1, 0.15) is 0 Å². The van der Waals surface area contributed by atoms with Gasteiger partial charge >= 0.3 is 12.0 Å². The Kier molecular flexibility index (Phi) is 4.61. The molecule has 108 valence electrons. The Morgan fingerprint density at radius 1 is 1.50 bits per heavy atom. The van der Waals surface area contributed by atoms with Gasteiger partial charge in [0, 0.05) is 16.7 Å². The normalized spacial score (nSPS) is 18.7. The van der Waals surface area contributed by atoms with Crippen LogP contribution < -0.4 is 5.32 Å². The number of anilines is 1. The SMILES string of the molecule is Cc1cc(NC(=O)N2CCOCC2C(=O)O)ccc1Br. The molecule has 1 aromatic carbocycles. The number of urea groups is 1. The van der Waals surface area contributed by atoms with E-state index in [0.717, 1.165) is 10.0 Å². The number of rotatable bonds is 2. The third kappa shape index (κ3) is 3.29. The van der Waals surface area contributed by atoms with Gasteiger partial charge < -0.3 is 20.1 Å². The quantitative estimate of drug-likeness (QED) is 0.862. The number of morpholine rings is 1. The lowest BCUT2D eigenvalue weighted by Crippen LogP contribution is -2.53. The Bertz CT molecular complexity index is 535. The first kappa shape index (κ1) is 14.8. The molecular weight excluding hydrogens is 328 g/mol. The van der Waals surface area contributed by atoms with Crippen LogP contribution in [0.1, 0.15) is 5.56 Å². The minimum atomic E-state index is -1.06. The monoisotopic (exact) mass is 342 g/mol. The van der Waals surface area contributed by atoms with Crippen molar-refractivity contribution in [1.82, 2.24) is 4.90 Å². The number of halogens is 1. The average molecular weight is 343 g/mol. The fraction of sp³-hybridized carbons (Fsp3) is 0.385. The van der Waals surface area contributed by atoms with Gasteiger partial charge in [-0.3, -0.25) is 0 Å². The number of hydrogen-bond acceptors (Lipinski definition) is 3. The van der Waals surface area contributed by atoms with Crippen molar-refractivity contribution in [3.8, 4) is 0 Å². The van der Waals surface area contributed by atoms with Gasteiger partial charge in [0.25, 0.3) is 0 Å². The lowest BCUT2D eigenvalue weighted by molar-refractivity contribution is -0.147. The predicted molar refractivity (Wildman–Crippen MR) is 76.8 cm³/mol. The molecule has 7 heteroatoms. The van der Waals surface area contributed by atoms with E-state index in [1.54, 1.807) is 6.07 Å². The Morgan fingerprint density at radius 3 is 2.90 bits per heavy atom. The number of carboxylic acid groups (broad SMARTS) is 1. The lowest BCUT2D eigenvalue weighted by Gasteiger charge is -2.32. The summed E-state index contributed by atoms with van der Waals surface area (Å²) in [5.41, 5.74) is 1.62. The summed E-state index contributed by atoms with van der Waals surface area (Å²) in [5.74, 6) is -1.06. The molecule has 20 heavy (non-hydrogen) atoms. The first-order valence-electron chi connectivity index (χ1n) is 6.13. The van der Waals surface area contributed by atoms with Crippen LogP contribution >= 0.6 is 15.9 Å². The second-order valence-corrected chi connectivity index (χ2v) is 5.37. The van der Waals surface area contributed by atoms with Gasteiger partial charge in [-0.15, -0.1) is 0 Å². The van der Waals surface area contributed by atoms with Crippen molar-refractivity contribution in [2.45, 2.75) is 13.0 Å². The summed E-state index contributed by atoms with van der Waals surface area (Å²) in [6.07, 6.45) is 0. The van der Waals surface area contributed by atoms with Crippen LogP contribution in [0.5, 0.6) is 0 Å². The molecular formula is C13H15BrN2O4. The zero-order valence-electron chi connectivity index (χ0n) is 10.9. The van der Waals surface area contributed by atoms with Gasteiger partial charge in [-0.1, -0.05) is 15.9 Å². The molecule has 0 saturated carbocycles. The van der Waals surface area contributed by atoms with Crippen LogP contribution in [0.4, 0.5) is 10.5 Å². The largest absolute Gasteiger partial charge is 0.480 e. The second-order valence-electron chi connectivity index (χ2n) is 4.52. The molecule has 0 aliphatic carbocycles. The number of nitrogens with zero attached hydrogens (tertiary/aromatic N) is 1. The highest BCUT2D eigenvalue weighted by atomic mass is 79.9. The maximum absolute atomic E-state index is 12.2. The Balaban J connectivity index is 2.09. The minimum Gasteiger partial charge on any atom is -0.480 e. The second kappa shape index (κ2) is 6.23. The minimum absolute atomic E-state index is 0.0160. The number of ether oxygens (including phenoxy) is 1. The molecule has 1 heterocycles. The lowest BCUT2D eigenvalue weighted by atomic mass is 10.2. The van der Waals surface area contributed by atoms with E-state index in [4.69, 9.17) is 9.84 Å². The Morgan fingerprint density at radius 2 is 2.25 bits per heavy atom. The number of aryl methyl sites for hydroxylation is 1. The Labute approximate surface area is 124 Å². The molecule has 1 saturated heterocycles. The maximum atomic E-state index is 12.2. The fourth-order valence-electron chi connectivity index (χ4n) is 1.97. The van der Waals surface area contributed by atoms with E-state index >= 15 is 0 Å². The molecule has 2 amide bonds. The molecule has 0 spiro atoms. The van der Waals surface area contributed by atoms with Gasteiger partial charge in [-0.2, -0.15) is 0 Å². The number of amides is 2. The van der Waals surface area contributed by atoms with Gasteiger partial charge in [-0.05, 0) is 30.7 Å². The van der Waals surface area contributed by atoms with Crippen LogP contribution in [0, 0.1) is 6.92 Å². The number of aliphatic carboxylic acids is 1. The van der Waals surface area contributed by atoms with E-state index in [-0.39, 0.29) is 13.2 Å². The molecule has 2 rings (SSSR count). The van der Waals surface area contributed by atoms with Crippen LogP contribution in [0.2, 0.25) is 0 Å². The number of carbonyl (C=O) groups is 2. The summed E-state index contributed by atoms with van der Waals surface area (Å²) >= 11 is 3.38. The summed E-state index contributed by atoms with van der Waals surface area (Å²) in [6, 6.07) is 4.03. The van der Waals surface area contributed by atoms with Gasteiger partial charge in [0.2, 0.25) is 0 Å². The van der Waals surface area contributed by atoms with Crippen LogP contribution in [-0.4, -0.2) is 47.8 Å². The van der Waals surface area contributed by atoms with Gasteiger partial charge in [0.15, 0.2) is 6.04 Å². The van der Waals surface area contributed by atoms with E-state index < -0.39 is 18.0 Å². The van der Waals surface area contributed by atoms with Gasteiger partial charge in [-0.25, -0.2) is 9.59 Å². The molecule has 1 fully saturated rings. The Hall–Kier alpha value is -1.60. The van der Waals surface area contributed by atoms with E-state index in [2.05, 4.69) is 21.2 Å². The van der Waals surface area contributed by atoms with Crippen molar-refractivity contribution < 1.29 is 19.4 Å². The fourth-order valence-corrected chi connectivity index (χ4v) is 2.22. The third-order valence-corrected chi connectivity index (χ3v) is 3.97. The number of nitrogens with one attached hydrogen (secondary N) is 1. The predicted octanol–water partition coefficient (Wildman–Crippen LogP) is 2.07. The highest BCUT2D eigenvalue weighted by Gasteiger charge is 2.32. The van der Waals surface area contributed by atoms with E-state index in [1.165, 1.54) is 4.90 Å². The van der Waals surface area contributed by atoms with E-state index in [1.807, 2.05) is 19.1 Å². The molecule has 1 aliphatic rings. The van der Waals surface area contributed by atoms with E-state index in [0.29, 0.717) is 12.3 Å². The van der Waals surface area contributed by atoms with Crippen LogP contribution in [0.15, 0.2) is 22.7 Å². The first-order valence-corrected chi connectivity index (χ1v) is 6.92. The van der Waals surface area contributed by atoms with Crippen LogP contribution in [0.25, 0.3) is 0 Å². The van der Waals surface area contributed by atoms with Crippen molar-refractivity contribution >= 4 is 33.6 Å². The standard InChI is InChI=1S/C13H15BrN2O4/c1-8-6-9(2-3-10(8)14)15-13(19)16-4-5-20-7-11(16)12(17)18/h2-3,6,11H,4-5,7H2,1H3,(H,15,19)(H,17,18). The van der Waals surface area contributed by atoms with Crippen molar-refractivity contribution in [2.75, 3.05) is 25.1 Å². The van der Waals surface area contributed by atoms with Crippen LogP contribution in [-0.2, 0) is 9.53 Å². The van der Waals surface area contributed by atoms with Crippen molar-refractivity contribution in [3.63, 3.8) is 0 Å². The maximum Gasteiger partial charge on any atom is 0.328 e. The number of carbonyl (C=O) groups excluding carboxylic acids is 1. The topological polar surface area (TPSA) is 78.9 Å². The van der Waals surface area contributed by atoms with Crippen molar-refractivity contribution in [1.29, 1.82) is 0 Å². The molecule has 1 unspecified atom stereocenters. The molecule has 6 nitrogen and oxygen atoms in total. The highest BCUT2D eigenvalue weighted by Crippen LogP contribution is 2.20. The summed E-state index contributed by atoms with van der Waals surface area (Å²) < 4.78 is 6.05. The summed E-state index contributed by atoms with van der Waals surface area (Å²) in [7, 11) is 0. The van der Waals surface area contributed by atoms with Crippen molar-refractivity contribution in [2.24, 2.45) is 0 Å². The summed E-state index contributed by atoms with van der Waals surface area (Å²) in [5, 5.41) is 11.8. The molecule has 1 atom stereocenters. The summed E-state index contributed by atoms with van der Waals surface area (Å²) in [4.78, 5) is 24.6. The molecule has 0 radical (unpaired) electrons. The zero-order valence-corrected chi connectivity index (χ0v) is 12.5. The number of benzene rings is 1. The van der Waals surface area contributed by atoms with Crippen LogP contribution in [0.3, 0.4) is 0 Å². The average Bonchev–Trinajstić information content (AvgIpc) is 2.43. The first-order chi connectivity index (χ1) is 9.49. The van der Waals surface area contributed by atoms with Crippen molar-refractivity contribution in [3.05, 3.63) is 28.2 Å². The van der Waals surface area contributed by atoms with Gasteiger partial charge in [0.05, 0.1) is 13.2 Å². The molecule has 1 aliphatic heterocycles. The molecule has 0 aromatic heterocycles. The zero-order chi connectivity index (χ0) is 14.7. The molecule has 1 aromatic rings. The molecule has 0 bridgehead atoms.